The van der Waals surface area contributed by atoms with Crippen molar-refractivity contribution in [2.24, 2.45) is 0 Å². The number of rotatable bonds is 6. The summed E-state index contributed by atoms with van der Waals surface area (Å²) in [6.45, 7) is 2.05. The Hall–Kier alpha value is -3.74. The Labute approximate surface area is 170 Å². The number of halogens is 2. The van der Waals surface area contributed by atoms with Crippen molar-refractivity contribution >= 4 is 16.7 Å². The second kappa shape index (κ2) is 8.32. The lowest BCUT2D eigenvalue weighted by atomic mass is 10.0. The summed E-state index contributed by atoms with van der Waals surface area (Å²) in [6.07, 6.45) is 0. The van der Waals surface area contributed by atoms with E-state index in [1.54, 1.807) is 6.07 Å². The first-order valence-electron chi connectivity index (χ1n) is 9.29. The van der Waals surface area contributed by atoms with E-state index < -0.39 is 17.6 Å². The number of fused-ring (bicyclic) bond motifs is 1. The predicted molar refractivity (Wildman–Crippen MR) is 106 cm³/mol. The van der Waals surface area contributed by atoms with E-state index in [4.69, 9.17) is 14.0 Å². The van der Waals surface area contributed by atoms with Crippen LogP contribution in [0.2, 0.25) is 0 Å². The first-order valence-corrected chi connectivity index (χ1v) is 9.29. The van der Waals surface area contributed by atoms with Crippen LogP contribution in [-0.4, -0.2) is 17.7 Å². The van der Waals surface area contributed by atoms with Gasteiger partial charge in [-0.05, 0) is 35.9 Å². The molecule has 0 aliphatic rings. The maximum Gasteiger partial charge on any atom is 0.342 e. The molecule has 0 amide bonds. The van der Waals surface area contributed by atoms with Crippen molar-refractivity contribution in [1.82, 2.24) is 5.16 Å². The molecule has 1 heterocycles. The largest absolute Gasteiger partial charge is 0.493 e. The average molecular weight is 409 g/mol. The maximum atomic E-state index is 13.9. The van der Waals surface area contributed by atoms with Gasteiger partial charge in [0.25, 0.3) is 0 Å². The molecule has 0 saturated carbocycles. The van der Waals surface area contributed by atoms with Gasteiger partial charge in [-0.3, -0.25) is 0 Å². The van der Waals surface area contributed by atoms with Crippen LogP contribution in [0.5, 0.6) is 5.75 Å². The van der Waals surface area contributed by atoms with Gasteiger partial charge in [0.1, 0.15) is 35.2 Å². The summed E-state index contributed by atoms with van der Waals surface area (Å²) in [4.78, 5) is 12.8. The molecule has 5 nitrogen and oxygen atoms in total. The minimum atomic E-state index is -0.771. The van der Waals surface area contributed by atoms with Crippen LogP contribution >= 0.6 is 0 Å². The molecule has 4 aromatic rings. The Kier molecular flexibility index (Phi) is 5.43. The van der Waals surface area contributed by atoms with Crippen LogP contribution in [0.15, 0.2) is 65.2 Å². The maximum absolute atomic E-state index is 13.9. The van der Waals surface area contributed by atoms with E-state index >= 15 is 0 Å². The molecule has 7 heteroatoms. The molecular weight excluding hydrogens is 392 g/mol. The molecule has 0 saturated heterocycles. The van der Waals surface area contributed by atoms with Gasteiger partial charge < -0.3 is 14.0 Å². The highest BCUT2D eigenvalue weighted by atomic mass is 19.1. The number of ether oxygens (including phenoxy) is 2. The van der Waals surface area contributed by atoms with Gasteiger partial charge in [-0.15, -0.1) is 0 Å². The Morgan fingerprint density at radius 1 is 1.07 bits per heavy atom. The van der Waals surface area contributed by atoms with Gasteiger partial charge in [0.2, 0.25) is 0 Å². The lowest BCUT2D eigenvalue weighted by molar-refractivity contribution is 0.0462. The second-order valence-corrected chi connectivity index (χ2v) is 6.48. The van der Waals surface area contributed by atoms with Gasteiger partial charge in [0, 0.05) is 12.1 Å². The van der Waals surface area contributed by atoms with Crippen molar-refractivity contribution in [3.63, 3.8) is 0 Å². The highest BCUT2D eigenvalue weighted by molar-refractivity contribution is 6.07. The molecule has 1 aromatic heterocycles. The number of carbonyl (C=O) groups excluding carboxylic acids is 1. The second-order valence-electron chi connectivity index (χ2n) is 6.48. The number of aromatic nitrogens is 1. The van der Waals surface area contributed by atoms with E-state index in [1.807, 2.05) is 37.3 Å². The molecule has 0 fully saturated rings. The van der Waals surface area contributed by atoms with Crippen molar-refractivity contribution in [3.05, 3.63) is 83.6 Å². The summed E-state index contributed by atoms with van der Waals surface area (Å²) in [7, 11) is 0. The smallest absolute Gasteiger partial charge is 0.342 e. The SMILES string of the molecule is CCOc1ccc2ccccc2c1C(=O)OCc1cc(-c2ccc(F)cc2F)on1. The molecule has 0 unspecified atom stereocenters. The third kappa shape index (κ3) is 3.87. The fraction of sp³-hybridized carbons (Fsp3) is 0.130. The van der Waals surface area contributed by atoms with Crippen LogP contribution in [0.4, 0.5) is 8.78 Å². The zero-order valence-corrected chi connectivity index (χ0v) is 16.0. The molecular formula is C23H17F2NO4. The highest BCUT2D eigenvalue weighted by Crippen LogP contribution is 2.30. The van der Waals surface area contributed by atoms with Gasteiger partial charge in [0.15, 0.2) is 5.76 Å². The summed E-state index contributed by atoms with van der Waals surface area (Å²) in [5, 5.41) is 5.39. The number of esters is 1. The van der Waals surface area contributed by atoms with E-state index in [1.165, 1.54) is 12.1 Å². The monoisotopic (exact) mass is 409 g/mol. The third-order valence-corrected chi connectivity index (χ3v) is 4.50. The molecule has 152 valence electrons. The van der Waals surface area contributed by atoms with Crippen LogP contribution < -0.4 is 4.74 Å². The van der Waals surface area contributed by atoms with E-state index in [9.17, 15) is 13.6 Å². The first kappa shape index (κ1) is 19.6. The van der Waals surface area contributed by atoms with Crippen molar-refractivity contribution < 1.29 is 27.6 Å². The molecule has 0 radical (unpaired) electrons. The number of hydrogen-bond donors (Lipinski definition) is 0. The van der Waals surface area contributed by atoms with Crippen molar-refractivity contribution in [1.29, 1.82) is 0 Å². The number of benzene rings is 3. The zero-order valence-electron chi connectivity index (χ0n) is 16.0. The normalized spacial score (nSPS) is 10.9. The molecule has 0 spiro atoms. The molecule has 0 aliphatic carbocycles. The zero-order chi connectivity index (χ0) is 21.1. The number of nitrogens with zero attached hydrogens (tertiary/aromatic N) is 1. The Bertz CT molecular complexity index is 1220. The van der Waals surface area contributed by atoms with Gasteiger partial charge in [0.05, 0.1) is 12.2 Å². The van der Waals surface area contributed by atoms with Crippen LogP contribution in [0.25, 0.3) is 22.1 Å². The van der Waals surface area contributed by atoms with Gasteiger partial charge >= 0.3 is 5.97 Å². The van der Waals surface area contributed by atoms with E-state index in [0.29, 0.717) is 29.0 Å². The number of hydrogen-bond acceptors (Lipinski definition) is 5. The lowest BCUT2D eigenvalue weighted by Gasteiger charge is -2.12. The van der Waals surface area contributed by atoms with Crippen molar-refractivity contribution in [3.8, 4) is 17.1 Å². The summed E-state index contributed by atoms with van der Waals surface area (Å²) in [5.74, 6) is -1.50. The predicted octanol–water partition coefficient (Wildman–Crippen LogP) is 5.53. The summed E-state index contributed by atoms with van der Waals surface area (Å²) in [5.41, 5.74) is 0.678. The van der Waals surface area contributed by atoms with Crippen LogP contribution in [0.1, 0.15) is 23.0 Å². The minimum Gasteiger partial charge on any atom is -0.493 e. The molecule has 0 bridgehead atoms. The van der Waals surface area contributed by atoms with Crippen LogP contribution in [0, 0.1) is 11.6 Å². The lowest BCUT2D eigenvalue weighted by Crippen LogP contribution is -2.09. The molecule has 4 rings (SSSR count). The topological polar surface area (TPSA) is 61.6 Å². The Morgan fingerprint density at radius 2 is 1.90 bits per heavy atom. The van der Waals surface area contributed by atoms with Crippen LogP contribution in [-0.2, 0) is 11.3 Å². The van der Waals surface area contributed by atoms with Gasteiger partial charge in [-0.25, -0.2) is 13.6 Å². The standard InChI is InChI=1S/C23H17F2NO4/c1-2-28-20-10-7-14-5-3-4-6-17(14)22(20)23(27)29-13-16-12-21(30-26-16)18-9-8-15(24)11-19(18)25/h3-12H,2,13H2,1H3. The number of carbonyl (C=O) groups is 1. The van der Waals surface area contributed by atoms with E-state index in [-0.39, 0.29) is 17.9 Å². The summed E-state index contributed by atoms with van der Waals surface area (Å²) >= 11 is 0. The van der Waals surface area contributed by atoms with Gasteiger partial charge in [-0.1, -0.05) is 35.5 Å². The highest BCUT2D eigenvalue weighted by Gasteiger charge is 2.19. The molecule has 3 aromatic carbocycles. The fourth-order valence-corrected chi connectivity index (χ4v) is 3.15. The third-order valence-electron chi connectivity index (χ3n) is 4.50. The average Bonchev–Trinajstić information content (AvgIpc) is 3.21. The summed E-state index contributed by atoms with van der Waals surface area (Å²) < 4.78 is 43.1. The first-order chi connectivity index (χ1) is 14.6. The van der Waals surface area contributed by atoms with Crippen molar-refractivity contribution in [2.75, 3.05) is 6.61 Å². The van der Waals surface area contributed by atoms with Gasteiger partial charge in [-0.2, -0.15) is 0 Å². The fourth-order valence-electron chi connectivity index (χ4n) is 3.15. The van der Waals surface area contributed by atoms with Crippen molar-refractivity contribution in [2.45, 2.75) is 13.5 Å². The molecule has 0 aliphatic heterocycles. The minimum absolute atomic E-state index is 0.0640. The molecule has 0 N–H and O–H groups in total. The van der Waals surface area contributed by atoms with E-state index in [2.05, 4.69) is 5.16 Å². The van der Waals surface area contributed by atoms with E-state index in [0.717, 1.165) is 17.5 Å². The van der Waals surface area contributed by atoms with Crippen LogP contribution in [0.3, 0.4) is 0 Å². The molecule has 0 atom stereocenters. The quantitative estimate of drug-likeness (QED) is 0.392. The molecule has 30 heavy (non-hydrogen) atoms. The Morgan fingerprint density at radius 3 is 2.70 bits per heavy atom. The summed E-state index contributed by atoms with van der Waals surface area (Å²) in [6, 6.07) is 15.6. The Balaban J connectivity index is 1.56.